The third-order valence-electron chi connectivity index (χ3n) is 4.07. The fourth-order valence-electron chi connectivity index (χ4n) is 2.56. The van der Waals surface area contributed by atoms with Crippen LogP contribution in [0.4, 0.5) is 21.9 Å². The highest BCUT2D eigenvalue weighted by molar-refractivity contribution is 6.04. The number of imide groups is 1. The monoisotopic (exact) mass is 409 g/mol. The summed E-state index contributed by atoms with van der Waals surface area (Å²) in [6, 6.07) is 15.3. The molecule has 1 aliphatic heterocycles. The molecule has 1 N–H and O–H groups in total. The number of urea groups is 1. The minimum absolute atomic E-state index is 0.0898. The number of rotatable bonds is 7. The molecule has 0 unspecified atom stereocenters. The standard InChI is InChI=1S/C20H19N5O5/c1-24-11-18(27)25(20(24)29)12-19(28)30-13-17(26)21-14-7-9-16(10-8-14)23-22-15-5-3-2-4-6-15/h2-10H,11-13H2,1H3,(H,21,26). The SMILES string of the molecule is CN1CC(=O)N(CC(=O)OCC(=O)Nc2ccc(N=Nc3ccccc3)cc2)C1=O. The van der Waals surface area contributed by atoms with Crippen LogP contribution in [0.5, 0.6) is 0 Å². The Bertz CT molecular complexity index is 975. The number of carbonyl (C=O) groups excluding carboxylic acids is 4. The Morgan fingerprint density at radius 1 is 1.00 bits per heavy atom. The normalized spacial score (nSPS) is 13.8. The highest BCUT2D eigenvalue weighted by Crippen LogP contribution is 2.20. The quantitative estimate of drug-likeness (QED) is 0.428. The molecule has 1 saturated heterocycles. The predicted octanol–water partition coefficient (Wildman–Crippen LogP) is 2.48. The van der Waals surface area contributed by atoms with E-state index in [1.807, 2.05) is 30.3 Å². The third-order valence-corrected chi connectivity index (χ3v) is 4.07. The van der Waals surface area contributed by atoms with E-state index >= 15 is 0 Å². The predicted molar refractivity (Wildman–Crippen MR) is 106 cm³/mol. The van der Waals surface area contributed by atoms with Crippen molar-refractivity contribution < 1.29 is 23.9 Å². The Labute approximate surface area is 172 Å². The second-order valence-corrected chi connectivity index (χ2v) is 6.41. The van der Waals surface area contributed by atoms with Gasteiger partial charge in [-0.1, -0.05) is 18.2 Å². The number of likely N-dealkylation sites (N-methyl/N-ethyl adjacent to an activating group) is 1. The number of carbonyl (C=O) groups is 4. The van der Waals surface area contributed by atoms with E-state index in [1.165, 1.54) is 11.9 Å². The zero-order valence-electron chi connectivity index (χ0n) is 16.1. The molecule has 1 heterocycles. The number of nitrogens with zero attached hydrogens (tertiary/aromatic N) is 4. The summed E-state index contributed by atoms with van der Waals surface area (Å²) in [6.07, 6.45) is 0. The highest BCUT2D eigenvalue weighted by Gasteiger charge is 2.35. The molecular formula is C20H19N5O5. The largest absolute Gasteiger partial charge is 0.454 e. The van der Waals surface area contributed by atoms with Crippen molar-refractivity contribution in [2.45, 2.75) is 0 Å². The van der Waals surface area contributed by atoms with Crippen LogP contribution >= 0.6 is 0 Å². The topological polar surface area (TPSA) is 121 Å². The van der Waals surface area contributed by atoms with Crippen molar-refractivity contribution in [3.05, 3.63) is 54.6 Å². The summed E-state index contributed by atoms with van der Waals surface area (Å²) < 4.78 is 4.83. The van der Waals surface area contributed by atoms with Crippen molar-refractivity contribution >= 4 is 40.9 Å². The maximum absolute atomic E-state index is 11.9. The fourth-order valence-corrected chi connectivity index (χ4v) is 2.56. The van der Waals surface area contributed by atoms with Crippen LogP contribution in [0.1, 0.15) is 0 Å². The number of anilines is 1. The van der Waals surface area contributed by atoms with Crippen LogP contribution in [0.2, 0.25) is 0 Å². The summed E-state index contributed by atoms with van der Waals surface area (Å²) in [6.45, 7) is -1.16. The summed E-state index contributed by atoms with van der Waals surface area (Å²) >= 11 is 0. The van der Waals surface area contributed by atoms with Gasteiger partial charge in [-0.15, -0.1) is 0 Å². The second kappa shape index (κ2) is 9.41. The minimum atomic E-state index is -0.848. The number of amides is 4. The van der Waals surface area contributed by atoms with E-state index in [1.54, 1.807) is 24.3 Å². The number of azo groups is 1. The van der Waals surface area contributed by atoms with Crippen LogP contribution in [0.3, 0.4) is 0 Å². The fraction of sp³-hybridized carbons (Fsp3) is 0.200. The average Bonchev–Trinajstić information content (AvgIpc) is 2.98. The van der Waals surface area contributed by atoms with Crippen LogP contribution in [0, 0.1) is 0 Å². The third kappa shape index (κ3) is 5.47. The Hall–Kier alpha value is -4.08. The van der Waals surface area contributed by atoms with Gasteiger partial charge in [-0.3, -0.25) is 19.3 Å². The number of hydrogen-bond donors (Lipinski definition) is 1. The van der Waals surface area contributed by atoms with E-state index in [0.717, 1.165) is 10.6 Å². The zero-order chi connectivity index (χ0) is 21.5. The molecule has 3 rings (SSSR count). The number of ether oxygens (including phenoxy) is 1. The van der Waals surface area contributed by atoms with E-state index < -0.39 is 37.0 Å². The van der Waals surface area contributed by atoms with Gasteiger partial charge in [-0.2, -0.15) is 10.2 Å². The van der Waals surface area contributed by atoms with Crippen LogP contribution < -0.4 is 5.32 Å². The highest BCUT2D eigenvalue weighted by atomic mass is 16.5. The Balaban J connectivity index is 1.44. The average molecular weight is 409 g/mol. The Morgan fingerprint density at radius 2 is 1.63 bits per heavy atom. The molecule has 2 aromatic rings. The molecule has 0 aliphatic carbocycles. The minimum Gasteiger partial charge on any atom is -0.454 e. The molecule has 10 nitrogen and oxygen atoms in total. The number of nitrogens with one attached hydrogen (secondary N) is 1. The molecule has 0 atom stereocenters. The van der Waals surface area contributed by atoms with Crippen molar-refractivity contribution in [2.24, 2.45) is 10.2 Å². The van der Waals surface area contributed by atoms with Gasteiger partial charge in [0.1, 0.15) is 13.1 Å². The van der Waals surface area contributed by atoms with E-state index in [-0.39, 0.29) is 6.54 Å². The number of hydrogen-bond acceptors (Lipinski definition) is 7. The molecule has 1 fully saturated rings. The van der Waals surface area contributed by atoms with Crippen LogP contribution in [-0.4, -0.2) is 60.4 Å². The van der Waals surface area contributed by atoms with Gasteiger partial charge in [0.15, 0.2) is 6.61 Å². The Kier molecular flexibility index (Phi) is 6.48. The van der Waals surface area contributed by atoms with Crippen molar-refractivity contribution in [3.63, 3.8) is 0 Å². The van der Waals surface area contributed by atoms with Gasteiger partial charge >= 0.3 is 12.0 Å². The lowest BCUT2D eigenvalue weighted by atomic mass is 10.3. The van der Waals surface area contributed by atoms with E-state index in [9.17, 15) is 19.2 Å². The van der Waals surface area contributed by atoms with Crippen molar-refractivity contribution in [3.8, 4) is 0 Å². The van der Waals surface area contributed by atoms with E-state index in [2.05, 4.69) is 15.5 Å². The second-order valence-electron chi connectivity index (χ2n) is 6.41. The molecule has 154 valence electrons. The summed E-state index contributed by atoms with van der Waals surface area (Å²) in [7, 11) is 1.45. The first-order valence-corrected chi connectivity index (χ1v) is 9.00. The first kappa shape index (κ1) is 20.6. The summed E-state index contributed by atoms with van der Waals surface area (Å²) in [5, 5.41) is 10.8. The maximum Gasteiger partial charge on any atom is 0.327 e. The molecule has 2 aromatic carbocycles. The van der Waals surface area contributed by atoms with Crippen LogP contribution in [0.15, 0.2) is 64.8 Å². The zero-order valence-corrected chi connectivity index (χ0v) is 16.1. The van der Waals surface area contributed by atoms with Crippen molar-refractivity contribution in [1.29, 1.82) is 0 Å². The van der Waals surface area contributed by atoms with E-state index in [0.29, 0.717) is 11.4 Å². The van der Waals surface area contributed by atoms with Gasteiger partial charge in [0, 0.05) is 12.7 Å². The first-order valence-electron chi connectivity index (χ1n) is 9.00. The lowest BCUT2D eigenvalue weighted by Gasteiger charge is -2.13. The van der Waals surface area contributed by atoms with Crippen LogP contribution in [0.25, 0.3) is 0 Å². The summed E-state index contributed by atoms with van der Waals surface area (Å²) in [5.74, 6) is -1.90. The summed E-state index contributed by atoms with van der Waals surface area (Å²) in [5.41, 5.74) is 1.81. The maximum atomic E-state index is 11.9. The van der Waals surface area contributed by atoms with Gasteiger partial charge < -0.3 is 15.0 Å². The molecule has 0 radical (unpaired) electrons. The molecule has 0 bridgehead atoms. The van der Waals surface area contributed by atoms with Gasteiger partial charge in [-0.25, -0.2) is 4.79 Å². The molecule has 0 spiro atoms. The molecule has 0 saturated carbocycles. The Morgan fingerprint density at radius 3 is 2.23 bits per heavy atom. The van der Waals surface area contributed by atoms with Crippen molar-refractivity contribution in [2.75, 3.05) is 32.1 Å². The van der Waals surface area contributed by atoms with Gasteiger partial charge in [0.05, 0.1) is 11.4 Å². The van der Waals surface area contributed by atoms with Gasteiger partial charge in [-0.05, 0) is 36.4 Å². The van der Waals surface area contributed by atoms with Crippen molar-refractivity contribution in [1.82, 2.24) is 9.80 Å². The molecule has 4 amide bonds. The molecular weight excluding hydrogens is 390 g/mol. The lowest BCUT2D eigenvalue weighted by molar-refractivity contribution is -0.149. The van der Waals surface area contributed by atoms with Gasteiger partial charge in [0.25, 0.3) is 11.8 Å². The molecule has 10 heteroatoms. The smallest absolute Gasteiger partial charge is 0.327 e. The number of benzene rings is 2. The van der Waals surface area contributed by atoms with Crippen LogP contribution in [-0.2, 0) is 19.1 Å². The molecule has 1 aliphatic rings. The number of esters is 1. The summed E-state index contributed by atoms with van der Waals surface area (Å²) in [4.78, 5) is 49.1. The molecule has 0 aromatic heterocycles. The lowest BCUT2D eigenvalue weighted by Crippen LogP contribution is -2.37. The first-order chi connectivity index (χ1) is 14.4. The molecule has 30 heavy (non-hydrogen) atoms. The van der Waals surface area contributed by atoms with E-state index in [4.69, 9.17) is 4.74 Å². The van der Waals surface area contributed by atoms with Gasteiger partial charge in [0.2, 0.25) is 0 Å².